The monoisotopic (exact) mass is 737 g/mol. The number of benzene rings is 1. The molecule has 2 rings (SSSR count). The Morgan fingerprint density at radius 3 is 1.35 bits per heavy atom. The lowest BCUT2D eigenvalue weighted by Crippen LogP contribution is -2.54. The summed E-state index contributed by atoms with van der Waals surface area (Å²) in [5, 5.41) is 61.2. The second-order valence-electron chi connectivity index (χ2n) is 12.7. The zero-order valence-corrected chi connectivity index (χ0v) is 29.4. The van der Waals surface area contributed by atoms with Crippen molar-refractivity contribution >= 4 is 41.7 Å². The fourth-order valence-corrected chi connectivity index (χ4v) is 6.17. The van der Waals surface area contributed by atoms with Gasteiger partial charge in [-0.15, -0.1) is 0 Å². The Balaban J connectivity index is 2.57. The highest BCUT2D eigenvalue weighted by Crippen LogP contribution is 2.17. The lowest BCUT2D eigenvalue weighted by atomic mass is 10.1. The number of carbonyl (C=O) groups excluding carboxylic acids is 1. The Morgan fingerprint density at radius 2 is 1.00 bits per heavy atom. The number of aliphatic carboxylic acids is 6. The van der Waals surface area contributed by atoms with Crippen molar-refractivity contribution in [1.82, 2.24) is 24.9 Å². The SMILES string of the molecule is CCCNC(=O)c1cccc(CN2CCN(C(CCC(=O)O)C(=O)O)CCN(C(CCC(=O)O)C(=O)O)CCN(C(CCC(=O)O)C(=O)O)CC2)c1. The Hall–Kier alpha value is -4.65. The highest BCUT2D eigenvalue weighted by atomic mass is 16.4. The van der Waals surface area contributed by atoms with Crippen molar-refractivity contribution in [1.29, 1.82) is 0 Å². The highest BCUT2D eigenvalue weighted by Gasteiger charge is 2.33. The molecule has 1 aromatic carbocycles. The zero-order valence-electron chi connectivity index (χ0n) is 29.4. The summed E-state index contributed by atoms with van der Waals surface area (Å²) in [6, 6.07) is 3.09. The van der Waals surface area contributed by atoms with Crippen molar-refractivity contribution < 1.29 is 64.2 Å². The third-order valence-electron chi connectivity index (χ3n) is 8.96. The summed E-state index contributed by atoms with van der Waals surface area (Å²) in [6.07, 6.45) is -1.38. The van der Waals surface area contributed by atoms with Crippen molar-refractivity contribution in [3.8, 4) is 0 Å². The molecule has 52 heavy (non-hydrogen) atoms. The highest BCUT2D eigenvalue weighted by molar-refractivity contribution is 5.94. The molecule has 0 bridgehead atoms. The minimum atomic E-state index is -1.33. The summed E-state index contributed by atoms with van der Waals surface area (Å²) < 4.78 is 0. The number of carbonyl (C=O) groups is 7. The van der Waals surface area contributed by atoms with E-state index >= 15 is 0 Å². The average Bonchev–Trinajstić information content (AvgIpc) is 3.06. The molecule has 1 aromatic rings. The number of hydrogen-bond donors (Lipinski definition) is 7. The summed E-state index contributed by atoms with van der Waals surface area (Å²) in [5.74, 6) is -7.74. The summed E-state index contributed by atoms with van der Waals surface area (Å²) in [4.78, 5) is 90.7. The van der Waals surface area contributed by atoms with Crippen molar-refractivity contribution in [2.45, 2.75) is 76.5 Å². The van der Waals surface area contributed by atoms with Crippen LogP contribution in [0.5, 0.6) is 0 Å². The first-order valence-corrected chi connectivity index (χ1v) is 17.3. The average molecular weight is 738 g/mol. The maximum Gasteiger partial charge on any atom is 0.320 e. The molecule has 1 heterocycles. The molecule has 18 nitrogen and oxygen atoms in total. The number of carboxylic acids is 6. The fraction of sp³-hybridized carbons (Fsp3) is 0.618. The van der Waals surface area contributed by atoms with Crippen LogP contribution in [0.2, 0.25) is 0 Å². The number of carboxylic acid groups (broad SMARTS) is 6. The standard InChI is InChI=1S/C34H51N5O13/c1-2-12-35-31(46)24-5-3-4-23(21-24)22-36-13-15-37(25(32(47)48)6-9-28(40)41)17-19-39(27(34(51)52)8-11-30(44)45)20-18-38(16-14-36)26(33(49)50)7-10-29(42)43/h3-5,21,25-27H,2,6-20,22H2,1H3,(H,35,46)(H,40,41)(H,42,43)(H,44,45)(H,47,48)(H,49,50)(H,51,52). The molecule has 1 fully saturated rings. The Bertz CT molecular complexity index is 1340. The quantitative estimate of drug-likeness (QED) is 0.0960. The zero-order chi connectivity index (χ0) is 38.8. The number of nitrogens with zero attached hydrogens (tertiary/aromatic N) is 4. The molecule has 1 aliphatic rings. The molecule has 0 radical (unpaired) electrons. The van der Waals surface area contributed by atoms with E-state index in [1.165, 1.54) is 4.90 Å². The third kappa shape index (κ3) is 15.3. The molecule has 1 amide bonds. The Labute approximate surface area is 301 Å². The van der Waals surface area contributed by atoms with Gasteiger partial charge in [-0.2, -0.15) is 0 Å². The van der Waals surface area contributed by atoms with E-state index in [1.807, 2.05) is 17.9 Å². The van der Waals surface area contributed by atoms with Crippen LogP contribution >= 0.6 is 0 Å². The second kappa shape index (κ2) is 22.3. The first-order valence-electron chi connectivity index (χ1n) is 17.3. The molecular formula is C34H51N5O13. The smallest absolute Gasteiger partial charge is 0.320 e. The van der Waals surface area contributed by atoms with Crippen LogP contribution in [-0.4, -0.2) is 169 Å². The topological polar surface area (TPSA) is 266 Å². The van der Waals surface area contributed by atoms with Crippen molar-refractivity contribution in [2.24, 2.45) is 0 Å². The molecule has 290 valence electrons. The van der Waals surface area contributed by atoms with E-state index in [4.69, 9.17) is 0 Å². The normalized spacial score (nSPS) is 17.5. The molecule has 0 saturated carbocycles. The van der Waals surface area contributed by atoms with E-state index in [-0.39, 0.29) is 84.1 Å². The predicted octanol–water partition coefficient (Wildman–Crippen LogP) is 0.502. The van der Waals surface area contributed by atoms with Gasteiger partial charge in [-0.05, 0) is 43.4 Å². The second-order valence-corrected chi connectivity index (χ2v) is 12.7. The van der Waals surface area contributed by atoms with Crippen LogP contribution in [-0.2, 0) is 35.3 Å². The van der Waals surface area contributed by atoms with Crippen LogP contribution in [0.3, 0.4) is 0 Å². The van der Waals surface area contributed by atoms with E-state index in [0.29, 0.717) is 12.1 Å². The van der Waals surface area contributed by atoms with Gasteiger partial charge < -0.3 is 36.0 Å². The molecule has 3 unspecified atom stereocenters. The Morgan fingerprint density at radius 1 is 0.615 bits per heavy atom. The van der Waals surface area contributed by atoms with Crippen LogP contribution in [0.25, 0.3) is 0 Å². The summed E-state index contributed by atoms with van der Waals surface area (Å²) in [5.41, 5.74) is 1.17. The maximum absolute atomic E-state index is 12.7. The van der Waals surface area contributed by atoms with Gasteiger partial charge in [0.1, 0.15) is 18.1 Å². The van der Waals surface area contributed by atoms with Crippen LogP contribution in [0.4, 0.5) is 0 Å². The van der Waals surface area contributed by atoms with E-state index in [0.717, 1.165) is 12.0 Å². The first-order chi connectivity index (χ1) is 24.6. The van der Waals surface area contributed by atoms with Gasteiger partial charge in [0, 0.05) is 90.3 Å². The number of amides is 1. The summed E-state index contributed by atoms with van der Waals surface area (Å²) in [7, 11) is 0. The van der Waals surface area contributed by atoms with Crippen LogP contribution in [0, 0.1) is 0 Å². The van der Waals surface area contributed by atoms with E-state index in [2.05, 4.69) is 5.32 Å². The van der Waals surface area contributed by atoms with Crippen molar-refractivity contribution in [3.05, 3.63) is 35.4 Å². The molecule has 0 aromatic heterocycles. The number of rotatable bonds is 20. The van der Waals surface area contributed by atoms with Gasteiger partial charge in [-0.25, -0.2) is 0 Å². The Kier molecular flexibility index (Phi) is 18.7. The van der Waals surface area contributed by atoms with E-state index in [1.54, 1.807) is 28.0 Å². The summed E-state index contributed by atoms with van der Waals surface area (Å²) in [6.45, 7) is 2.98. The minimum absolute atomic E-state index is 0.0459. The molecular weight excluding hydrogens is 686 g/mol. The summed E-state index contributed by atoms with van der Waals surface area (Å²) >= 11 is 0. The lowest BCUT2D eigenvalue weighted by Gasteiger charge is -2.38. The molecule has 0 aliphatic carbocycles. The van der Waals surface area contributed by atoms with Gasteiger partial charge >= 0.3 is 35.8 Å². The van der Waals surface area contributed by atoms with E-state index in [9.17, 15) is 64.2 Å². The van der Waals surface area contributed by atoms with Gasteiger partial charge in [0.15, 0.2) is 0 Å². The van der Waals surface area contributed by atoms with Crippen molar-refractivity contribution in [2.75, 3.05) is 58.9 Å². The molecule has 7 N–H and O–H groups in total. The van der Waals surface area contributed by atoms with Gasteiger partial charge in [-0.1, -0.05) is 19.1 Å². The molecule has 3 atom stereocenters. The fourth-order valence-electron chi connectivity index (χ4n) is 6.17. The number of nitrogens with one attached hydrogen (secondary N) is 1. The van der Waals surface area contributed by atoms with Crippen LogP contribution in [0.15, 0.2) is 24.3 Å². The predicted molar refractivity (Wildman–Crippen MR) is 184 cm³/mol. The van der Waals surface area contributed by atoms with Gasteiger partial charge in [0.05, 0.1) is 0 Å². The van der Waals surface area contributed by atoms with Gasteiger partial charge in [0.2, 0.25) is 0 Å². The largest absolute Gasteiger partial charge is 0.481 e. The van der Waals surface area contributed by atoms with E-state index < -0.39 is 73.2 Å². The minimum Gasteiger partial charge on any atom is -0.481 e. The molecule has 18 heteroatoms. The molecule has 0 spiro atoms. The van der Waals surface area contributed by atoms with Gasteiger partial charge in [-0.3, -0.25) is 53.2 Å². The van der Waals surface area contributed by atoms with Crippen LogP contribution in [0.1, 0.15) is 67.8 Å². The third-order valence-corrected chi connectivity index (χ3v) is 8.96. The maximum atomic E-state index is 12.7. The van der Waals surface area contributed by atoms with Gasteiger partial charge in [0.25, 0.3) is 5.91 Å². The lowest BCUT2D eigenvalue weighted by molar-refractivity contribution is -0.148. The first kappa shape index (κ1) is 43.5. The van der Waals surface area contributed by atoms with Crippen LogP contribution < -0.4 is 5.32 Å². The molecule has 1 aliphatic heterocycles. The molecule has 1 saturated heterocycles. The van der Waals surface area contributed by atoms with Crippen molar-refractivity contribution in [3.63, 3.8) is 0 Å². The number of hydrogen-bond acceptors (Lipinski definition) is 11.